The Hall–Kier alpha value is -2.34. The van der Waals surface area contributed by atoms with Gasteiger partial charge in [-0.3, -0.25) is 4.79 Å². The lowest BCUT2D eigenvalue weighted by Gasteiger charge is -2.15. The molecule has 118 valence electrons. The molecule has 1 aromatic carbocycles. The Morgan fingerprint density at radius 3 is 2.59 bits per heavy atom. The molecule has 0 saturated carbocycles. The van der Waals surface area contributed by atoms with Crippen LogP contribution >= 0.6 is 0 Å². The number of esters is 1. The van der Waals surface area contributed by atoms with Gasteiger partial charge in [0.05, 0.1) is 25.8 Å². The lowest BCUT2D eigenvalue weighted by molar-refractivity contribution is -0.136. The number of aliphatic hydroxyl groups excluding tert-OH is 1. The van der Waals surface area contributed by atoms with Crippen molar-refractivity contribution in [3.05, 3.63) is 41.1 Å². The van der Waals surface area contributed by atoms with E-state index in [9.17, 15) is 9.59 Å². The molecule has 0 atom stereocenters. The van der Waals surface area contributed by atoms with E-state index in [1.807, 2.05) is 24.3 Å². The number of carbonyl (C=O) groups is 2. The first-order chi connectivity index (χ1) is 10.6. The van der Waals surface area contributed by atoms with Gasteiger partial charge in [-0.2, -0.15) is 0 Å². The van der Waals surface area contributed by atoms with E-state index in [-0.39, 0.29) is 36.9 Å². The van der Waals surface area contributed by atoms with E-state index in [0.29, 0.717) is 0 Å². The fourth-order valence-electron chi connectivity index (χ4n) is 2.32. The predicted octanol–water partition coefficient (Wildman–Crippen LogP) is 0.922. The Bertz CT molecular complexity index is 593. The van der Waals surface area contributed by atoms with E-state index < -0.39 is 5.97 Å². The summed E-state index contributed by atoms with van der Waals surface area (Å²) in [4.78, 5) is 25.6. The second-order valence-electron chi connectivity index (χ2n) is 4.97. The number of hydrogen-bond acceptors (Lipinski definition) is 5. The predicted molar refractivity (Wildman–Crippen MR) is 82.2 cm³/mol. The maximum atomic E-state index is 12.3. The number of ether oxygens (including phenoxy) is 1. The summed E-state index contributed by atoms with van der Waals surface area (Å²) in [6.07, 6.45) is 0.930. The Morgan fingerprint density at radius 1 is 1.36 bits per heavy atom. The highest BCUT2D eigenvalue weighted by atomic mass is 16.5. The third-order valence-electron chi connectivity index (χ3n) is 3.59. The number of hydrogen-bond donors (Lipinski definition) is 2. The topological polar surface area (TPSA) is 78.9 Å². The molecular formula is C16H20N2O4. The molecule has 2 N–H and O–H groups in total. The summed E-state index contributed by atoms with van der Waals surface area (Å²) in [6, 6.07) is 7.66. The van der Waals surface area contributed by atoms with Crippen molar-refractivity contribution < 1.29 is 19.4 Å². The number of methoxy groups -OCH3 is 1. The van der Waals surface area contributed by atoms with Crippen molar-refractivity contribution in [2.45, 2.75) is 13.3 Å². The van der Waals surface area contributed by atoms with Gasteiger partial charge in [0, 0.05) is 12.2 Å². The van der Waals surface area contributed by atoms with Crippen LogP contribution in [0.3, 0.4) is 0 Å². The van der Waals surface area contributed by atoms with Gasteiger partial charge in [0.2, 0.25) is 0 Å². The SMILES string of the molecule is CCc1ccc(NC2=C(C(=O)OC)CN(CCO)C2=O)cc1. The zero-order valence-electron chi connectivity index (χ0n) is 12.8. The number of β-amino-alcohol motifs (C(OH)–C–C–N with tert-alkyl or cyclic N) is 1. The second-order valence-corrected chi connectivity index (χ2v) is 4.97. The molecule has 0 fully saturated rings. The number of amides is 1. The van der Waals surface area contributed by atoms with E-state index in [0.717, 1.165) is 12.1 Å². The van der Waals surface area contributed by atoms with Crippen LogP contribution in [0.5, 0.6) is 0 Å². The molecule has 0 saturated heterocycles. The van der Waals surface area contributed by atoms with E-state index in [4.69, 9.17) is 9.84 Å². The van der Waals surface area contributed by atoms with Crippen molar-refractivity contribution in [3.8, 4) is 0 Å². The number of anilines is 1. The number of carbonyl (C=O) groups excluding carboxylic acids is 2. The highest BCUT2D eigenvalue weighted by Crippen LogP contribution is 2.22. The molecule has 6 heteroatoms. The number of nitrogens with zero attached hydrogens (tertiary/aromatic N) is 1. The Morgan fingerprint density at radius 2 is 2.05 bits per heavy atom. The molecule has 0 aromatic heterocycles. The second kappa shape index (κ2) is 7.09. The molecular weight excluding hydrogens is 284 g/mol. The molecule has 0 spiro atoms. The minimum atomic E-state index is -0.540. The van der Waals surface area contributed by atoms with Gasteiger partial charge in [0.15, 0.2) is 0 Å². The normalized spacial score (nSPS) is 14.5. The molecule has 0 aliphatic carbocycles. The van der Waals surface area contributed by atoms with E-state index in [1.165, 1.54) is 17.6 Å². The van der Waals surface area contributed by atoms with Crippen LogP contribution in [-0.4, -0.2) is 48.7 Å². The van der Waals surface area contributed by atoms with E-state index in [2.05, 4.69) is 12.2 Å². The van der Waals surface area contributed by atoms with Gasteiger partial charge in [-0.25, -0.2) is 4.79 Å². The maximum absolute atomic E-state index is 12.3. The average molecular weight is 304 g/mol. The summed E-state index contributed by atoms with van der Waals surface area (Å²) in [6.45, 7) is 2.23. The van der Waals surface area contributed by atoms with Crippen molar-refractivity contribution >= 4 is 17.6 Å². The van der Waals surface area contributed by atoms with Crippen LogP contribution in [0.15, 0.2) is 35.5 Å². The number of aryl methyl sites for hydroxylation is 1. The number of nitrogens with one attached hydrogen (secondary N) is 1. The molecule has 1 aliphatic heterocycles. The molecule has 22 heavy (non-hydrogen) atoms. The van der Waals surface area contributed by atoms with Crippen molar-refractivity contribution in [2.24, 2.45) is 0 Å². The summed E-state index contributed by atoms with van der Waals surface area (Å²) < 4.78 is 4.74. The third-order valence-corrected chi connectivity index (χ3v) is 3.59. The summed E-state index contributed by atoms with van der Waals surface area (Å²) in [5.41, 5.74) is 2.41. The van der Waals surface area contributed by atoms with E-state index >= 15 is 0 Å². The molecule has 6 nitrogen and oxygen atoms in total. The van der Waals surface area contributed by atoms with Gasteiger partial charge in [-0.1, -0.05) is 19.1 Å². The highest BCUT2D eigenvalue weighted by Gasteiger charge is 2.34. The molecule has 1 aromatic rings. The maximum Gasteiger partial charge on any atom is 0.337 e. The molecule has 0 bridgehead atoms. The lowest BCUT2D eigenvalue weighted by atomic mass is 10.1. The minimum Gasteiger partial charge on any atom is -0.466 e. The Labute approximate surface area is 129 Å². The molecule has 1 aliphatic rings. The summed E-state index contributed by atoms with van der Waals surface area (Å²) >= 11 is 0. The first-order valence-corrected chi connectivity index (χ1v) is 7.18. The van der Waals surface area contributed by atoms with Gasteiger partial charge >= 0.3 is 5.97 Å². The quantitative estimate of drug-likeness (QED) is 0.764. The minimum absolute atomic E-state index is 0.140. The van der Waals surface area contributed by atoms with Gasteiger partial charge in [0.1, 0.15) is 5.70 Å². The Kier molecular flexibility index (Phi) is 5.16. The molecule has 0 unspecified atom stereocenters. The number of benzene rings is 1. The van der Waals surface area contributed by atoms with E-state index in [1.54, 1.807) is 0 Å². The fourth-order valence-corrected chi connectivity index (χ4v) is 2.32. The molecule has 2 rings (SSSR count). The fraction of sp³-hybridized carbons (Fsp3) is 0.375. The van der Waals surface area contributed by atoms with Gasteiger partial charge in [-0.05, 0) is 24.1 Å². The summed E-state index contributed by atoms with van der Waals surface area (Å²) in [5.74, 6) is -0.851. The number of rotatable bonds is 6. The van der Waals surface area contributed by atoms with Crippen LogP contribution in [-0.2, 0) is 20.7 Å². The first kappa shape index (κ1) is 16.0. The smallest absolute Gasteiger partial charge is 0.337 e. The van der Waals surface area contributed by atoms with Gasteiger partial charge in [-0.15, -0.1) is 0 Å². The van der Waals surface area contributed by atoms with Crippen molar-refractivity contribution in [1.82, 2.24) is 4.90 Å². The average Bonchev–Trinajstić information content (AvgIpc) is 2.85. The highest BCUT2D eigenvalue weighted by molar-refractivity contribution is 6.08. The van der Waals surface area contributed by atoms with Crippen molar-refractivity contribution in [3.63, 3.8) is 0 Å². The molecule has 0 radical (unpaired) electrons. The monoisotopic (exact) mass is 304 g/mol. The van der Waals surface area contributed by atoms with Crippen LogP contribution in [0, 0.1) is 0 Å². The zero-order valence-corrected chi connectivity index (χ0v) is 12.8. The third kappa shape index (κ3) is 3.28. The van der Waals surface area contributed by atoms with Crippen LogP contribution in [0.1, 0.15) is 12.5 Å². The Balaban J connectivity index is 2.25. The summed E-state index contributed by atoms with van der Waals surface area (Å²) in [5, 5.41) is 12.0. The van der Waals surface area contributed by atoms with Gasteiger partial charge < -0.3 is 20.1 Å². The standard InChI is InChI=1S/C16H20N2O4/c1-3-11-4-6-12(7-5-11)17-14-13(16(21)22-2)10-18(8-9-19)15(14)20/h4-7,17,19H,3,8-10H2,1-2H3. The van der Waals surface area contributed by atoms with Crippen molar-refractivity contribution in [1.29, 1.82) is 0 Å². The summed E-state index contributed by atoms with van der Waals surface area (Å²) in [7, 11) is 1.28. The van der Waals surface area contributed by atoms with Gasteiger partial charge in [0.25, 0.3) is 5.91 Å². The number of aliphatic hydroxyl groups is 1. The van der Waals surface area contributed by atoms with Crippen LogP contribution in [0.4, 0.5) is 5.69 Å². The lowest BCUT2D eigenvalue weighted by Crippen LogP contribution is -2.31. The van der Waals surface area contributed by atoms with Crippen LogP contribution in [0.2, 0.25) is 0 Å². The largest absolute Gasteiger partial charge is 0.466 e. The molecule has 1 heterocycles. The first-order valence-electron chi connectivity index (χ1n) is 7.18. The van der Waals surface area contributed by atoms with Crippen LogP contribution < -0.4 is 5.32 Å². The zero-order chi connectivity index (χ0) is 16.1. The van der Waals surface area contributed by atoms with Crippen LogP contribution in [0.25, 0.3) is 0 Å². The molecule has 1 amide bonds. The van der Waals surface area contributed by atoms with Crippen molar-refractivity contribution in [2.75, 3.05) is 32.1 Å².